The molecule has 0 aliphatic carbocycles. The van der Waals surface area contributed by atoms with Crippen LogP contribution in [-0.4, -0.2) is 28.2 Å². The van der Waals surface area contributed by atoms with E-state index in [2.05, 4.69) is 5.16 Å². The number of benzene rings is 1. The molecule has 0 aromatic heterocycles. The second kappa shape index (κ2) is 5.87. The molecule has 2 N–H and O–H groups in total. The quantitative estimate of drug-likeness (QED) is 0.480. The summed E-state index contributed by atoms with van der Waals surface area (Å²) in [4.78, 5) is 0. The van der Waals surface area contributed by atoms with Crippen LogP contribution in [0, 0.1) is 6.92 Å². The minimum atomic E-state index is -0.746. The van der Waals surface area contributed by atoms with E-state index in [-0.39, 0.29) is 0 Å². The van der Waals surface area contributed by atoms with Crippen LogP contribution < -0.4 is 4.74 Å². The Hall–Kier alpha value is -1.55. The number of rotatable bonds is 5. The molecule has 0 aliphatic rings. The fourth-order valence-electron chi connectivity index (χ4n) is 1.51. The molecule has 18 heavy (non-hydrogen) atoms. The summed E-state index contributed by atoms with van der Waals surface area (Å²) in [5.41, 5.74) is 1.60. The van der Waals surface area contributed by atoms with Gasteiger partial charge in [-0.2, -0.15) is 0 Å². The predicted octanol–water partition coefficient (Wildman–Crippen LogP) is 2.73. The lowest BCUT2D eigenvalue weighted by molar-refractivity contribution is 0.0553. The molecule has 0 unspecified atom stereocenters. The van der Waals surface area contributed by atoms with Crippen molar-refractivity contribution in [1.29, 1.82) is 0 Å². The standard InChI is InChI=1S/C14H21NO3/c1-10-5-6-12(11(2)15-17)13(9-10)18-8-7-14(3,4)16/h5-6,9,16-17H,7-8H2,1-4H3. The zero-order chi connectivity index (χ0) is 13.8. The zero-order valence-electron chi connectivity index (χ0n) is 11.4. The van der Waals surface area contributed by atoms with Crippen molar-refractivity contribution in [3.05, 3.63) is 29.3 Å². The predicted molar refractivity (Wildman–Crippen MR) is 71.6 cm³/mol. The smallest absolute Gasteiger partial charge is 0.128 e. The van der Waals surface area contributed by atoms with Crippen LogP contribution in [0.4, 0.5) is 0 Å². The highest BCUT2D eigenvalue weighted by Gasteiger charge is 2.13. The van der Waals surface area contributed by atoms with Crippen molar-refractivity contribution in [1.82, 2.24) is 0 Å². The molecule has 100 valence electrons. The Kier molecular flexibility index (Phi) is 4.73. The van der Waals surface area contributed by atoms with Gasteiger partial charge in [-0.25, -0.2) is 0 Å². The van der Waals surface area contributed by atoms with Crippen LogP contribution in [0.3, 0.4) is 0 Å². The monoisotopic (exact) mass is 251 g/mol. The number of ether oxygens (including phenoxy) is 1. The third kappa shape index (κ3) is 4.37. The molecular formula is C14H21NO3. The van der Waals surface area contributed by atoms with E-state index >= 15 is 0 Å². The summed E-state index contributed by atoms with van der Waals surface area (Å²) in [6, 6.07) is 5.70. The number of oxime groups is 1. The van der Waals surface area contributed by atoms with Crippen LogP contribution in [-0.2, 0) is 0 Å². The van der Waals surface area contributed by atoms with Gasteiger partial charge in [-0.15, -0.1) is 0 Å². The average molecular weight is 251 g/mol. The van der Waals surface area contributed by atoms with Crippen molar-refractivity contribution >= 4 is 5.71 Å². The summed E-state index contributed by atoms with van der Waals surface area (Å²) >= 11 is 0. The van der Waals surface area contributed by atoms with Crippen LogP contribution in [0.1, 0.15) is 38.3 Å². The summed E-state index contributed by atoms with van der Waals surface area (Å²) < 4.78 is 5.67. The first-order valence-electron chi connectivity index (χ1n) is 5.98. The van der Waals surface area contributed by atoms with Gasteiger partial charge in [-0.05, 0) is 45.4 Å². The molecule has 4 heteroatoms. The van der Waals surface area contributed by atoms with E-state index < -0.39 is 5.60 Å². The zero-order valence-corrected chi connectivity index (χ0v) is 11.4. The normalized spacial score (nSPS) is 12.6. The van der Waals surface area contributed by atoms with Gasteiger partial charge in [0.1, 0.15) is 5.75 Å². The molecule has 0 saturated heterocycles. The lowest BCUT2D eigenvalue weighted by Crippen LogP contribution is -2.22. The van der Waals surface area contributed by atoms with Gasteiger partial charge in [0.15, 0.2) is 0 Å². The Morgan fingerprint density at radius 3 is 2.61 bits per heavy atom. The Balaban J connectivity index is 2.83. The van der Waals surface area contributed by atoms with Crippen molar-refractivity contribution in [2.45, 2.75) is 39.7 Å². The summed E-state index contributed by atoms with van der Waals surface area (Å²) in [5, 5.41) is 21.7. The highest BCUT2D eigenvalue weighted by Crippen LogP contribution is 2.22. The van der Waals surface area contributed by atoms with Gasteiger partial charge in [-0.3, -0.25) is 0 Å². The van der Waals surface area contributed by atoms with Gasteiger partial charge >= 0.3 is 0 Å². The highest BCUT2D eigenvalue weighted by atomic mass is 16.5. The molecule has 0 radical (unpaired) electrons. The molecule has 1 aromatic carbocycles. The molecule has 0 fully saturated rings. The lowest BCUT2D eigenvalue weighted by atomic mass is 10.1. The summed E-state index contributed by atoms with van der Waals surface area (Å²) in [7, 11) is 0. The fourth-order valence-corrected chi connectivity index (χ4v) is 1.51. The van der Waals surface area contributed by atoms with E-state index in [9.17, 15) is 5.11 Å². The molecule has 0 heterocycles. The molecule has 1 aromatic rings. The van der Waals surface area contributed by atoms with Crippen molar-refractivity contribution in [2.75, 3.05) is 6.61 Å². The van der Waals surface area contributed by atoms with E-state index in [0.717, 1.165) is 11.1 Å². The molecule has 0 bridgehead atoms. The Bertz CT molecular complexity index is 433. The van der Waals surface area contributed by atoms with Gasteiger partial charge in [0.25, 0.3) is 0 Å². The minimum absolute atomic E-state index is 0.415. The van der Waals surface area contributed by atoms with Crippen LogP contribution >= 0.6 is 0 Å². The number of aliphatic hydroxyl groups is 1. The maximum Gasteiger partial charge on any atom is 0.128 e. The number of hydrogen-bond donors (Lipinski definition) is 2. The molecule has 1 rings (SSSR count). The van der Waals surface area contributed by atoms with E-state index in [1.807, 2.05) is 25.1 Å². The Labute approximate surface area is 108 Å². The second-order valence-electron chi connectivity index (χ2n) is 5.10. The van der Waals surface area contributed by atoms with E-state index in [1.54, 1.807) is 20.8 Å². The fraction of sp³-hybridized carbons (Fsp3) is 0.500. The van der Waals surface area contributed by atoms with Crippen LogP contribution in [0.2, 0.25) is 0 Å². The van der Waals surface area contributed by atoms with Crippen molar-refractivity contribution in [2.24, 2.45) is 5.16 Å². The van der Waals surface area contributed by atoms with Crippen molar-refractivity contribution in [3.63, 3.8) is 0 Å². The van der Waals surface area contributed by atoms with Crippen molar-refractivity contribution in [3.8, 4) is 5.75 Å². The van der Waals surface area contributed by atoms with Crippen LogP contribution in [0.25, 0.3) is 0 Å². The number of nitrogens with zero attached hydrogens (tertiary/aromatic N) is 1. The summed E-state index contributed by atoms with van der Waals surface area (Å²) in [6.45, 7) is 7.59. The molecule has 0 amide bonds. The van der Waals surface area contributed by atoms with Crippen LogP contribution in [0.5, 0.6) is 5.75 Å². The van der Waals surface area contributed by atoms with Gasteiger partial charge in [0.2, 0.25) is 0 Å². The first-order valence-corrected chi connectivity index (χ1v) is 5.98. The Morgan fingerprint density at radius 1 is 1.39 bits per heavy atom. The van der Waals surface area contributed by atoms with Gasteiger partial charge in [0.05, 0.1) is 17.9 Å². The third-order valence-electron chi connectivity index (χ3n) is 2.65. The first kappa shape index (κ1) is 14.5. The SMILES string of the molecule is CC(=NO)c1ccc(C)cc1OCCC(C)(C)O. The van der Waals surface area contributed by atoms with E-state index in [4.69, 9.17) is 9.94 Å². The topological polar surface area (TPSA) is 62.1 Å². The van der Waals surface area contributed by atoms with E-state index in [1.165, 1.54) is 0 Å². The molecule has 0 saturated carbocycles. The molecule has 4 nitrogen and oxygen atoms in total. The molecular weight excluding hydrogens is 230 g/mol. The van der Waals surface area contributed by atoms with E-state index in [0.29, 0.717) is 24.5 Å². The van der Waals surface area contributed by atoms with Crippen molar-refractivity contribution < 1.29 is 15.1 Å². The van der Waals surface area contributed by atoms with Gasteiger partial charge in [0, 0.05) is 12.0 Å². The third-order valence-corrected chi connectivity index (χ3v) is 2.65. The largest absolute Gasteiger partial charge is 0.493 e. The molecule has 0 aliphatic heterocycles. The summed E-state index contributed by atoms with van der Waals surface area (Å²) in [6.07, 6.45) is 0.537. The first-order chi connectivity index (χ1) is 8.33. The summed E-state index contributed by atoms with van der Waals surface area (Å²) in [5.74, 6) is 0.676. The molecule has 0 atom stereocenters. The average Bonchev–Trinajstić information content (AvgIpc) is 2.26. The second-order valence-corrected chi connectivity index (χ2v) is 5.10. The number of aryl methyl sites for hydroxylation is 1. The van der Waals surface area contributed by atoms with Gasteiger partial charge < -0.3 is 15.1 Å². The number of hydrogen-bond acceptors (Lipinski definition) is 4. The minimum Gasteiger partial charge on any atom is -0.493 e. The molecule has 0 spiro atoms. The highest BCUT2D eigenvalue weighted by molar-refractivity contribution is 6.00. The van der Waals surface area contributed by atoms with Crippen LogP contribution in [0.15, 0.2) is 23.4 Å². The maximum atomic E-state index is 9.63. The maximum absolute atomic E-state index is 9.63. The van der Waals surface area contributed by atoms with Gasteiger partial charge in [-0.1, -0.05) is 11.2 Å². The Morgan fingerprint density at radius 2 is 2.06 bits per heavy atom. The lowest BCUT2D eigenvalue weighted by Gasteiger charge is -2.18.